The van der Waals surface area contributed by atoms with Gasteiger partial charge in [0, 0.05) is 29.5 Å². The number of nitrogens with two attached hydrogens (primary N) is 1. The van der Waals surface area contributed by atoms with Gasteiger partial charge in [-0.2, -0.15) is 0 Å². The van der Waals surface area contributed by atoms with Gasteiger partial charge in [-0.3, -0.25) is 0 Å². The van der Waals surface area contributed by atoms with E-state index in [1.54, 1.807) is 21.3 Å². The summed E-state index contributed by atoms with van der Waals surface area (Å²) < 4.78 is 16.2. The highest BCUT2D eigenvalue weighted by atomic mass is 16.5. The maximum absolute atomic E-state index is 6.11. The van der Waals surface area contributed by atoms with Crippen LogP contribution in [0.15, 0.2) is 30.3 Å². The average Bonchev–Trinajstić information content (AvgIpc) is 2.53. The number of ether oxygens (including phenoxy) is 3. The molecule has 0 saturated carbocycles. The van der Waals surface area contributed by atoms with Crippen LogP contribution in [0.3, 0.4) is 0 Å². The van der Waals surface area contributed by atoms with Crippen molar-refractivity contribution in [3.05, 3.63) is 30.3 Å². The third-order valence-electron chi connectivity index (χ3n) is 3.34. The van der Waals surface area contributed by atoms with Gasteiger partial charge in [-0.15, -0.1) is 0 Å². The molecule has 0 unspecified atom stereocenters. The minimum absolute atomic E-state index is 0.548. The van der Waals surface area contributed by atoms with E-state index in [-0.39, 0.29) is 0 Å². The Bertz CT molecular complexity index is 642. The predicted molar refractivity (Wildman–Crippen MR) is 85.5 cm³/mol. The van der Waals surface area contributed by atoms with E-state index in [0.717, 1.165) is 16.8 Å². The SMILES string of the molecule is CNc1ccc(N)c(-c2ccc(OC)c(OC)c2OC)c1. The first kappa shape index (κ1) is 14.8. The second-order valence-electron chi connectivity index (χ2n) is 4.43. The molecule has 0 aliphatic carbocycles. The zero-order valence-electron chi connectivity index (χ0n) is 12.7. The van der Waals surface area contributed by atoms with Crippen molar-refractivity contribution in [3.8, 4) is 28.4 Å². The third kappa shape index (κ3) is 2.67. The summed E-state index contributed by atoms with van der Waals surface area (Å²) in [6.07, 6.45) is 0. The molecule has 0 saturated heterocycles. The highest BCUT2D eigenvalue weighted by Crippen LogP contribution is 2.45. The van der Waals surface area contributed by atoms with Gasteiger partial charge in [-0.25, -0.2) is 0 Å². The largest absolute Gasteiger partial charge is 0.493 e. The van der Waals surface area contributed by atoms with Crippen LogP contribution in [0, 0.1) is 0 Å². The standard InChI is InChI=1S/C16H20N2O3/c1-18-10-5-7-13(17)12(9-10)11-6-8-14(19-2)16(21-4)15(11)20-3/h5-9,18H,17H2,1-4H3. The van der Waals surface area contributed by atoms with E-state index in [1.165, 1.54) is 0 Å². The minimum Gasteiger partial charge on any atom is -0.493 e. The quantitative estimate of drug-likeness (QED) is 0.828. The molecule has 2 aromatic carbocycles. The lowest BCUT2D eigenvalue weighted by molar-refractivity contribution is 0.325. The van der Waals surface area contributed by atoms with Gasteiger partial charge in [-0.05, 0) is 30.3 Å². The Morgan fingerprint density at radius 1 is 0.857 bits per heavy atom. The Balaban J connectivity index is 2.69. The number of methoxy groups -OCH3 is 3. The summed E-state index contributed by atoms with van der Waals surface area (Å²) in [6.45, 7) is 0. The highest BCUT2D eigenvalue weighted by Gasteiger charge is 2.18. The van der Waals surface area contributed by atoms with Crippen molar-refractivity contribution in [2.75, 3.05) is 39.4 Å². The van der Waals surface area contributed by atoms with Gasteiger partial charge in [0.15, 0.2) is 11.5 Å². The lowest BCUT2D eigenvalue weighted by Crippen LogP contribution is -1.99. The Morgan fingerprint density at radius 3 is 2.14 bits per heavy atom. The summed E-state index contributed by atoms with van der Waals surface area (Å²) in [6, 6.07) is 9.50. The zero-order chi connectivity index (χ0) is 15.4. The molecule has 0 bridgehead atoms. The summed E-state index contributed by atoms with van der Waals surface area (Å²) in [7, 11) is 6.63. The summed E-state index contributed by atoms with van der Waals surface area (Å²) in [5, 5.41) is 3.10. The molecule has 21 heavy (non-hydrogen) atoms. The molecule has 2 aromatic rings. The number of anilines is 2. The zero-order valence-corrected chi connectivity index (χ0v) is 12.7. The fraction of sp³-hybridized carbons (Fsp3) is 0.250. The predicted octanol–water partition coefficient (Wildman–Crippen LogP) is 3.00. The van der Waals surface area contributed by atoms with E-state index in [4.69, 9.17) is 19.9 Å². The van der Waals surface area contributed by atoms with E-state index in [9.17, 15) is 0 Å². The lowest BCUT2D eigenvalue weighted by atomic mass is 10.0. The molecule has 112 valence electrons. The molecule has 0 aliphatic rings. The monoisotopic (exact) mass is 288 g/mol. The second kappa shape index (κ2) is 6.26. The van der Waals surface area contributed by atoms with Crippen LogP contribution in [0.4, 0.5) is 11.4 Å². The van der Waals surface area contributed by atoms with Crippen molar-refractivity contribution in [3.63, 3.8) is 0 Å². The Labute approximate surface area is 124 Å². The van der Waals surface area contributed by atoms with Crippen LogP contribution in [0.5, 0.6) is 17.2 Å². The van der Waals surface area contributed by atoms with Gasteiger partial charge in [0.25, 0.3) is 0 Å². The Kier molecular flexibility index (Phi) is 4.42. The summed E-state index contributed by atoms with van der Waals surface area (Å²) in [4.78, 5) is 0. The van der Waals surface area contributed by atoms with Crippen LogP contribution in [0.1, 0.15) is 0 Å². The molecule has 0 aliphatic heterocycles. The van der Waals surface area contributed by atoms with Gasteiger partial charge < -0.3 is 25.3 Å². The molecule has 0 amide bonds. The van der Waals surface area contributed by atoms with Crippen LogP contribution in [-0.2, 0) is 0 Å². The molecule has 0 heterocycles. The van der Waals surface area contributed by atoms with Gasteiger partial charge in [0.1, 0.15) is 0 Å². The number of hydrogen-bond acceptors (Lipinski definition) is 5. The van der Waals surface area contributed by atoms with Crippen LogP contribution >= 0.6 is 0 Å². The molecule has 0 atom stereocenters. The second-order valence-corrected chi connectivity index (χ2v) is 4.43. The minimum atomic E-state index is 0.548. The third-order valence-corrected chi connectivity index (χ3v) is 3.34. The van der Waals surface area contributed by atoms with Crippen LogP contribution in [-0.4, -0.2) is 28.4 Å². The highest BCUT2D eigenvalue weighted by molar-refractivity contribution is 5.85. The van der Waals surface area contributed by atoms with Crippen molar-refractivity contribution >= 4 is 11.4 Å². The summed E-state index contributed by atoms with van der Waals surface area (Å²) in [5.41, 5.74) is 9.47. The summed E-state index contributed by atoms with van der Waals surface area (Å²) in [5.74, 6) is 1.75. The first-order valence-electron chi connectivity index (χ1n) is 6.52. The van der Waals surface area contributed by atoms with E-state index in [0.29, 0.717) is 22.9 Å². The number of rotatable bonds is 5. The van der Waals surface area contributed by atoms with Crippen LogP contribution in [0.25, 0.3) is 11.1 Å². The summed E-state index contributed by atoms with van der Waals surface area (Å²) >= 11 is 0. The Hall–Kier alpha value is -2.56. The Morgan fingerprint density at radius 2 is 1.57 bits per heavy atom. The van der Waals surface area contributed by atoms with Crippen molar-refractivity contribution in [1.82, 2.24) is 0 Å². The van der Waals surface area contributed by atoms with Crippen molar-refractivity contribution in [2.45, 2.75) is 0 Å². The molecule has 0 fully saturated rings. The smallest absolute Gasteiger partial charge is 0.203 e. The molecular weight excluding hydrogens is 268 g/mol. The normalized spacial score (nSPS) is 10.1. The fourth-order valence-corrected chi connectivity index (χ4v) is 2.26. The van der Waals surface area contributed by atoms with Gasteiger partial charge in [0.2, 0.25) is 5.75 Å². The topological polar surface area (TPSA) is 65.7 Å². The molecule has 0 aromatic heterocycles. The maximum Gasteiger partial charge on any atom is 0.203 e. The maximum atomic E-state index is 6.11. The first-order chi connectivity index (χ1) is 10.2. The molecule has 2 rings (SSSR count). The van der Waals surface area contributed by atoms with Crippen molar-refractivity contribution in [2.24, 2.45) is 0 Å². The molecule has 3 N–H and O–H groups in total. The molecule has 0 radical (unpaired) electrons. The molecule has 0 spiro atoms. The fourth-order valence-electron chi connectivity index (χ4n) is 2.26. The molecular formula is C16H20N2O3. The van der Waals surface area contributed by atoms with Gasteiger partial charge >= 0.3 is 0 Å². The van der Waals surface area contributed by atoms with Crippen LogP contribution in [0.2, 0.25) is 0 Å². The number of nitrogen functional groups attached to an aromatic ring is 1. The number of nitrogens with one attached hydrogen (secondary N) is 1. The molecule has 5 nitrogen and oxygen atoms in total. The van der Waals surface area contributed by atoms with Crippen LogP contribution < -0.4 is 25.3 Å². The van der Waals surface area contributed by atoms with Crippen molar-refractivity contribution in [1.29, 1.82) is 0 Å². The van der Waals surface area contributed by atoms with E-state index in [2.05, 4.69) is 5.32 Å². The van der Waals surface area contributed by atoms with Gasteiger partial charge in [-0.1, -0.05) is 0 Å². The van der Waals surface area contributed by atoms with E-state index in [1.807, 2.05) is 37.4 Å². The van der Waals surface area contributed by atoms with E-state index >= 15 is 0 Å². The number of benzene rings is 2. The molecule has 5 heteroatoms. The average molecular weight is 288 g/mol. The van der Waals surface area contributed by atoms with E-state index < -0.39 is 0 Å². The number of hydrogen-bond donors (Lipinski definition) is 2. The lowest BCUT2D eigenvalue weighted by Gasteiger charge is -2.17. The first-order valence-corrected chi connectivity index (χ1v) is 6.52. The van der Waals surface area contributed by atoms with Crippen molar-refractivity contribution < 1.29 is 14.2 Å². The van der Waals surface area contributed by atoms with Gasteiger partial charge in [0.05, 0.1) is 21.3 Å².